The van der Waals surface area contributed by atoms with Crippen molar-refractivity contribution in [3.05, 3.63) is 29.3 Å². The summed E-state index contributed by atoms with van der Waals surface area (Å²) in [5, 5.41) is 0. The van der Waals surface area contributed by atoms with E-state index < -0.39 is 5.50 Å². The Morgan fingerprint density at radius 1 is 1.33 bits per heavy atom. The second kappa shape index (κ2) is 3.29. The Balaban J connectivity index is 2.55. The van der Waals surface area contributed by atoms with E-state index in [1.54, 1.807) is 0 Å². The van der Waals surface area contributed by atoms with Crippen molar-refractivity contribution in [3.8, 4) is 5.75 Å². The highest BCUT2D eigenvalue weighted by Crippen LogP contribution is 2.44. The van der Waals surface area contributed by atoms with Gasteiger partial charge < -0.3 is 4.74 Å². The molecular formula is C13H17BO. The first-order chi connectivity index (χ1) is 6.93. The summed E-state index contributed by atoms with van der Waals surface area (Å²) < 4.78 is 5.91. The van der Waals surface area contributed by atoms with Crippen molar-refractivity contribution in [1.29, 1.82) is 0 Å². The van der Waals surface area contributed by atoms with Crippen LogP contribution in [0.2, 0.25) is 0 Å². The van der Waals surface area contributed by atoms with Crippen LogP contribution in [0.5, 0.6) is 5.75 Å². The first kappa shape index (κ1) is 10.6. The zero-order chi connectivity index (χ0) is 11.2. The fourth-order valence-electron chi connectivity index (χ4n) is 2.25. The van der Waals surface area contributed by atoms with Crippen molar-refractivity contribution < 1.29 is 4.74 Å². The summed E-state index contributed by atoms with van der Waals surface area (Å²) in [4.78, 5) is 0. The molecule has 0 N–H and O–H groups in total. The molecule has 1 aromatic carbocycles. The third-order valence-corrected chi connectivity index (χ3v) is 3.71. The van der Waals surface area contributed by atoms with Gasteiger partial charge in [0, 0.05) is 0 Å². The number of hydrogen-bond acceptors (Lipinski definition) is 1. The SMILES string of the molecule is [B]C1(C)Oc2c(C)cccc2C(C)C1C. The Morgan fingerprint density at radius 2 is 2.00 bits per heavy atom. The molecule has 1 aliphatic rings. The van der Waals surface area contributed by atoms with E-state index in [0.29, 0.717) is 11.8 Å². The van der Waals surface area contributed by atoms with Crippen molar-refractivity contribution in [2.24, 2.45) is 5.92 Å². The zero-order valence-corrected chi connectivity index (χ0v) is 9.87. The van der Waals surface area contributed by atoms with Crippen LogP contribution in [0.4, 0.5) is 0 Å². The van der Waals surface area contributed by atoms with Gasteiger partial charge in [0.05, 0.1) is 5.50 Å². The van der Waals surface area contributed by atoms with Crippen molar-refractivity contribution >= 4 is 7.85 Å². The number of benzene rings is 1. The predicted molar refractivity (Wildman–Crippen MR) is 63.5 cm³/mol. The number of rotatable bonds is 0. The highest BCUT2D eigenvalue weighted by Gasteiger charge is 2.38. The highest BCUT2D eigenvalue weighted by atomic mass is 16.5. The van der Waals surface area contributed by atoms with E-state index in [2.05, 4.69) is 39.0 Å². The zero-order valence-electron chi connectivity index (χ0n) is 9.87. The van der Waals surface area contributed by atoms with E-state index >= 15 is 0 Å². The van der Waals surface area contributed by atoms with Crippen LogP contribution in [0.1, 0.15) is 37.8 Å². The van der Waals surface area contributed by atoms with Gasteiger partial charge in [-0.25, -0.2) is 0 Å². The third-order valence-electron chi connectivity index (χ3n) is 3.71. The van der Waals surface area contributed by atoms with Crippen molar-refractivity contribution in [2.45, 2.75) is 39.1 Å². The Bertz CT molecular complexity index is 384. The smallest absolute Gasteiger partial charge is 0.131 e. The molecule has 15 heavy (non-hydrogen) atoms. The average Bonchev–Trinajstić information content (AvgIpc) is 2.17. The topological polar surface area (TPSA) is 9.23 Å². The van der Waals surface area contributed by atoms with Gasteiger partial charge >= 0.3 is 0 Å². The maximum Gasteiger partial charge on any atom is 0.131 e. The van der Waals surface area contributed by atoms with Crippen molar-refractivity contribution in [3.63, 3.8) is 0 Å². The van der Waals surface area contributed by atoms with E-state index in [0.717, 1.165) is 5.75 Å². The molecule has 78 valence electrons. The molecule has 0 saturated carbocycles. The van der Waals surface area contributed by atoms with Crippen LogP contribution in [-0.4, -0.2) is 13.3 Å². The monoisotopic (exact) mass is 200 g/mol. The first-order valence-electron chi connectivity index (χ1n) is 5.51. The summed E-state index contributed by atoms with van der Waals surface area (Å²) in [6, 6.07) is 6.29. The Labute approximate surface area is 93.2 Å². The van der Waals surface area contributed by atoms with Crippen LogP contribution in [0.25, 0.3) is 0 Å². The molecule has 1 heterocycles. The number of hydrogen-bond donors (Lipinski definition) is 0. The van der Waals surface area contributed by atoms with E-state index in [1.807, 2.05) is 6.92 Å². The second-order valence-corrected chi connectivity index (χ2v) is 4.86. The minimum absolute atomic E-state index is 0.326. The quantitative estimate of drug-likeness (QED) is 0.585. The number of ether oxygens (including phenoxy) is 1. The lowest BCUT2D eigenvalue weighted by atomic mass is 9.65. The predicted octanol–water partition coefficient (Wildman–Crippen LogP) is 3.01. The van der Waals surface area contributed by atoms with Gasteiger partial charge in [-0.1, -0.05) is 32.0 Å². The molecule has 3 atom stereocenters. The molecular weight excluding hydrogens is 183 g/mol. The molecule has 0 aliphatic carbocycles. The molecule has 2 radical (unpaired) electrons. The van der Waals surface area contributed by atoms with Gasteiger partial charge in [-0.05, 0) is 36.8 Å². The number of para-hydroxylation sites is 1. The Morgan fingerprint density at radius 3 is 2.67 bits per heavy atom. The molecule has 0 spiro atoms. The summed E-state index contributed by atoms with van der Waals surface area (Å²) in [6.07, 6.45) is 0. The maximum atomic E-state index is 6.17. The van der Waals surface area contributed by atoms with Crippen molar-refractivity contribution in [1.82, 2.24) is 0 Å². The lowest BCUT2D eigenvalue weighted by Gasteiger charge is -2.43. The van der Waals surface area contributed by atoms with Gasteiger partial charge in [0.25, 0.3) is 0 Å². The summed E-state index contributed by atoms with van der Waals surface area (Å²) >= 11 is 0. The van der Waals surface area contributed by atoms with Crippen molar-refractivity contribution in [2.75, 3.05) is 0 Å². The molecule has 0 aromatic heterocycles. The molecule has 0 bridgehead atoms. The van der Waals surface area contributed by atoms with E-state index in [4.69, 9.17) is 12.6 Å². The number of aryl methyl sites for hydroxylation is 1. The van der Waals surface area contributed by atoms with Gasteiger partial charge in [0.15, 0.2) is 0 Å². The minimum Gasteiger partial charge on any atom is -0.497 e. The molecule has 0 fully saturated rings. The van der Waals surface area contributed by atoms with Gasteiger partial charge in [0.2, 0.25) is 0 Å². The van der Waals surface area contributed by atoms with Crippen LogP contribution in [0.15, 0.2) is 18.2 Å². The first-order valence-corrected chi connectivity index (χ1v) is 5.51. The lowest BCUT2D eigenvalue weighted by Crippen LogP contribution is -2.45. The normalized spacial score (nSPS) is 34.4. The molecule has 1 nitrogen and oxygen atoms in total. The van der Waals surface area contributed by atoms with Gasteiger partial charge in [-0.3, -0.25) is 0 Å². The van der Waals surface area contributed by atoms with Gasteiger partial charge in [-0.2, -0.15) is 0 Å². The summed E-state index contributed by atoms with van der Waals surface area (Å²) in [6.45, 7) is 8.40. The third kappa shape index (κ3) is 1.56. The van der Waals surface area contributed by atoms with Crippen LogP contribution in [0, 0.1) is 12.8 Å². The maximum absolute atomic E-state index is 6.17. The lowest BCUT2D eigenvalue weighted by molar-refractivity contribution is 0.0803. The molecule has 3 unspecified atom stereocenters. The molecule has 0 amide bonds. The average molecular weight is 200 g/mol. The van der Waals surface area contributed by atoms with E-state index in [9.17, 15) is 0 Å². The molecule has 1 aromatic rings. The summed E-state index contributed by atoms with van der Waals surface area (Å²) in [5.41, 5.74) is 1.90. The van der Waals surface area contributed by atoms with Gasteiger partial charge in [-0.15, -0.1) is 0 Å². The molecule has 2 rings (SSSR count). The standard InChI is InChI=1S/C13H17BO/c1-8-6-5-7-11-9(2)10(3)13(4,14)15-12(8)11/h5-7,9-10H,1-4H3. The Hall–Kier alpha value is -0.915. The van der Waals surface area contributed by atoms with Crippen LogP contribution in [0.3, 0.4) is 0 Å². The van der Waals surface area contributed by atoms with Crippen LogP contribution < -0.4 is 4.74 Å². The van der Waals surface area contributed by atoms with Crippen LogP contribution in [-0.2, 0) is 0 Å². The highest BCUT2D eigenvalue weighted by molar-refractivity contribution is 6.14. The molecule has 1 aliphatic heterocycles. The number of fused-ring (bicyclic) bond motifs is 1. The largest absolute Gasteiger partial charge is 0.497 e. The van der Waals surface area contributed by atoms with Crippen LogP contribution >= 0.6 is 0 Å². The minimum atomic E-state index is -0.557. The fraction of sp³-hybridized carbons (Fsp3) is 0.538. The summed E-state index contributed by atoms with van der Waals surface area (Å²) in [7, 11) is 6.17. The molecule has 0 saturated heterocycles. The summed E-state index contributed by atoms with van der Waals surface area (Å²) in [5.74, 6) is 1.75. The fourth-order valence-corrected chi connectivity index (χ4v) is 2.25. The van der Waals surface area contributed by atoms with Gasteiger partial charge in [0.1, 0.15) is 13.6 Å². The molecule has 2 heteroatoms. The van der Waals surface area contributed by atoms with E-state index in [-0.39, 0.29) is 0 Å². The second-order valence-electron chi connectivity index (χ2n) is 4.86. The van der Waals surface area contributed by atoms with E-state index in [1.165, 1.54) is 11.1 Å². The Kier molecular flexibility index (Phi) is 2.33.